The monoisotopic (exact) mass is 403 g/mol. The van der Waals surface area contributed by atoms with E-state index in [2.05, 4.69) is 16.7 Å². The fourth-order valence-electron chi connectivity index (χ4n) is 2.39. The normalized spacial score (nSPS) is 12.3. The minimum Gasteiger partial charge on any atom is -0.508 e. The number of para-hydroxylation sites is 1. The maximum Gasteiger partial charge on any atom is 0.408 e. The molecular formula is C21H29N3O5. The lowest BCUT2D eigenvalue weighted by atomic mass is 10.0. The summed E-state index contributed by atoms with van der Waals surface area (Å²) in [6.07, 6.45) is 4.73. The highest BCUT2D eigenvalue weighted by Crippen LogP contribution is 2.29. The van der Waals surface area contributed by atoms with Crippen molar-refractivity contribution in [3.05, 3.63) is 29.8 Å². The van der Waals surface area contributed by atoms with Gasteiger partial charge in [0.25, 0.3) is 5.91 Å². The van der Waals surface area contributed by atoms with Crippen LogP contribution in [-0.2, 0) is 14.3 Å². The number of hydrogen-bond acceptors (Lipinski definition) is 5. The summed E-state index contributed by atoms with van der Waals surface area (Å²) in [5, 5.41) is 15.3. The van der Waals surface area contributed by atoms with Crippen LogP contribution in [0.4, 0.5) is 4.79 Å². The molecule has 1 rings (SSSR count). The Bertz CT molecular complexity index is 800. The topological polar surface area (TPSA) is 108 Å². The van der Waals surface area contributed by atoms with Crippen molar-refractivity contribution in [1.82, 2.24) is 15.5 Å². The molecule has 0 aliphatic rings. The van der Waals surface area contributed by atoms with Gasteiger partial charge in [0.2, 0.25) is 5.91 Å². The number of rotatable bonds is 5. The molecule has 3 N–H and O–H groups in total. The number of phenols is 1. The minimum absolute atomic E-state index is 0.165. The van der Waals surface area contributed by atoms with Crippen molar-refractivity contribution in [2.45, 2.75) is 58.7 Å². The average Bonchev–Trinajstić information content (AvgIpc) is 2.55. The molecule has 1 aromatic carbocycles. The van der Waals surface area contributed by atoms with Crippen LogP contribution in [0.25, 0.3) is 0 Å². The van der Waals surface area contributed by atoms with Crippen LogP contribution in [0.1, 0.15) is 53.1 Å². The van der Waals surface area contributed by atoms with Gasteiger partial charge in [-0.1, -0.05) is 24.6 Å². The minimum atomic E-state index is -1.28. The molecule has 0 heterocycles. The van der Waals surface area contributed by atoms with Crippen molar-refractivity contribution in [3.63, 3.8) is 0 Å². The van der Waals surface area contributed by atoms with Gasteiger partial charge in [0, 0.05) is 17.1 Å². The molecule has 0 fully saturated rings. The van der Waals surface area contributed by atoms with Gasteiger partial charge >= 0.3 is 6.09 Å². The molecule has 0 spiro atoms. The zero-order valence-corrected chi connectivity index (χ0v) is 17.7. The summed E-state index contributed by atoms with van der Waals surface area (Å²) >= 11 is 0. The summed E-state index contributed by atoms with van der Waals surface area (Å²) in [6.45, 7) is 9.91. The number of ether oxygens (including phenoxy) is 1. The number of amides is 3. The van der Waals surface area contributed by atoms with Crippen molar-refractivity contribution in [2.24, 2.45) is 0 Å². The number of nitrogens with one attached hydrogen (secondary N) is 2. The first-order valence-corrected chi connectivity index (χ1v) is 9.10. The maximum atomic E-state index is 12.9. The Hall–Kier alpha value is -3.21. The van der Waals surface area contributed by atoms with Crippen LogP contribution in [0.3, 0.4) is 0 Å². The van der Waals surface area contributed by atoms with Crippen molar-refractivity contribution < 1.29 is 24.2 Å². The Morgan fingerprint density at radius 1 is 1.17 bits per heavy atom. The summed E-state index contributed by atoms with van der Waals surface area (Å²) < 4.78 is 5.09. The zero-order valence-electron chi connectivity index (χ0n) is 17.7. The Morgan fingerprint density at radius 2 is 1.76 bits per heavy atom. The lowest BCUT2D eigenvalue weighted by molar-refractivity contribution is -0.137. The van der Waals surface area contributed by atoms with Gasteiger partial charge in [-0.05, 0) is 47.6 Å². The number of nitrogens with zero attached hydrogens (tertiary/aromatic N) is 1. The third kappa shape index (κ3) is 7.74. The molecule has 158 valence electrons. The molecule has 0 aromatic heterocycles. The summed E-state index contributed by atoms with van der Waals surface area (Å²) in [4.78, 5) is 38.3. The van der Waals surface area contributed by atoms with Crippen LogP contribution >= 0.6 is 0 Å². The number of phenolic OH excluding ortho intramolecular Hbond substituents is 1. The second kappa shape index (κ2) is 9.32. The fourth-order valence-corrected chi connectivity index (χ4v) is 2.39. The summed E-state index contributed by atoms with van der Waals surface area (Å²) in [5.41, 5.74) is -1.17. The number of terminal acetylenes is 1. The molecular weight excluding hydrogens is 374 g/mol. The van der Waals surface area contributed by atoms with Crippen LogP contribution in [0, 0.1) is 12.5 Å². The first kappa shape index (κ1) is 23.8. The molecule has 0 saturated heterocycles. The summed E-state index contributed by atoms with van der Waals surface area (Å²) in [6, 6.07) is 7.00. The number of alkyl carbamates (subject to hydrolysis) is 1. The van der Waals surface area contributed by atoms with Crippen LogP contribution in [-0.4, -0.2) is 45.6 Å². The van der Waals surface area contributed by atoms with Crippen molar-refractivity contribution in [2.75, 3.05) is 6.54 Å². The number of aromatic hydroxyl groups is 1. The highest BCUT2D eigenvalue weighted by Gasteiger charge is 2.34. The van der Waals surface area contributed by atoms with Gasteiger partial charge in [-0.15, -0.1) is 0 Å². The molecule has 1 aromatic rings. The number of carbonyl (C=O) groups excluding carboxylic acids is 3. The van der Waals surface area contributed by atoms with Crippen LogP contribution < -0.4 is 10.6 Å². The van der Waals surface area contributed by atoms with Crippen LogP contribution in [0.2, 0.25) is 0 Å². The van der Waals surface area contributed by atoms with Crippen molar-refractivity contribution >= 4 is 17.9 Å². The molecule has 1 atom stereocenters. The van der Waals surface area contributed by atoms with E-state index in [1.807, 2.05) is 0 Å². The average molecular weight is 403 g/mol. The quantitative estimate of drug-likeness (QED) is 0.516. The van der Waals surface area contributed by atoms with E-state index in [1.165, 1.54) is 12.1 Å². The Labute approximate surface area is 171 Å². The van der Waals surface area contributed by atoms with E-state index in [0.717, 1.165) is 4.90 Å². The molecule has 8 nitrogen and oxygen atoms in total. The van der Waals surface area contributed by atoms with Gasteiger partial charge < -0.3 is 20.5 Å². The van der Waals surface area contributed by atoms with E-state index in [1.54, 1.807) is 53.7 Å². The van der Waals surface area contributed by atoms with E-state index in [-0.39, 0.29) is 11.3 Å². The number of hydrogen-bond donors (Lipinski definition) is 3. The molecule has 1 unspecified atom stereocenters. The van der Waals surface area contributed by atoms with Crippen LogP contribution in [0.15, 0.2) is 24.3 Å². The lowest BCUT2D eigenvalue weighted by Crippen LogP contribution is -2.49. The first-order chi connectivity index (χ1) is 13.2. The van der Waals surface area contributed by atoms with E-state index >= 15 is 0 Å². The molecule has 0 bridgehead atoms. The standard InChI is InChI=1S/C21H29N3O5/c1-8-24(16(26)13-22-19(28)29-21(5,6)7)17(18(27)23-20(2,3)4)14-11-9-10-12-15(14)25/h1,9-12,17,25H,13H2,2-7H3,(H,22,28)(H,23,27). The molecule has 29 heavy (non-hydrogen) atoms. The Kier molecular flexibility index (Phi) is 7.66. The van der Waals surface area contributed by atoms with Crippen molar-refractivity contribution in [1.29, 1.82) is 0 Å². The molecule has 0 saturated carbocycles. The van der Waals surface area contributed by atoms with Gasteiger partial charge in [0.05, 0.1) is 0 Å². The van der Waals surface area contributed by atoms with Gasteiger partial charge in [-0.3, -0.25) is 14.5 Å². The molecule has 3 amide bonds. The van der Waals surface area contributed by atoms with E-state index in [9.17, 15) is 19.5 Å². The molecule has 0 aliphatic heterocycles. The molecule has 8 heteroatoms. The highest BCUT2D eigenvalue weighted by molar-refractivity contribution is 5.92. The molecule has 0 aliphatic carbocycles. The van der Waals surface area contributed by atoms with E-state index in [0.29, 0.717) is 0 Å². The number of carbonyl (C=O) groups is 3. The van der Waals surface area contributed by atoms with Crippen LogP contribution in [0.5, 0.6) is 5.75 Å². The number of benzene rings is 1. The predicted molar refractivity (Wildman–Crippen MR) is 109 cm³/mol. The zero-order chi connectivity index (χ0) is 22.4. The van der Waals surface area contributed by atoms with Crippen molar-refractivity contribution in [3.8, 4) is 18.2 Å². The molecule has 0 radical (unpaired) electrons. The van der Waals surface area contributed by atoms with Gasteiger partial charge in [0.15, 0.2) is 6.04 Å². The predicted octanol–water partition coefficient (Wildman–Crippen LogP) is 2.29. The fraction of sp³-hybridized carbons (Fsp3) is 0.476. The highest BCUT2D eigenvalue weighted by atomic mass is 16.6. The van der Waals surface area contributed by atoms with E-state index in [4.69, 9.17) is 11.2 Å². The lowest BCUT2D eigenvalue weighted by Gasteiger charge is -2.30. The first-order valence-electron chi connectivity index (χ1n) is 9.10. The van der Waals surface area contributed by atoms with Gasteiger partial charge in [0.1, 0.15) is 17.9 Å². The second-order valence-corrected chi connectivity index (χ2v) is 8.45. The largest absolute Gasteiger partial charge is 0.508 e. The smallest absolute Gasteiger partial charge is 0.408 e. The third-order valence-electron chi connectivity index (χ3n) is 3.43. The Morgan fingerprint density at radius 3 is 2.24 bits per heavy atom. The van der Waals surface area contributed by atoms with E-state index < -0.39 is 41.6 Å². The van der Waals surface area contributed by atoms with Gasteiger partial charge in [-0.2, -0.15) is 0 Å². The third-order valence-corrected chi connectivity index (χ3v) is 3.43. The van der Waals surface area contributed by atoms with Gasteiger partial charge in [-0.25, -0.2) is 4.79 Å². The Balaban J connectivity index is 3.13. The summed E-state index contributed by atoms with van der Waals surface area (Å²) in [7, 11) is 0. The second-order valence-electron chi connectivity index (χ2n) is 8.45. The summed E-state index contributed by atoms with van der Waals surface area (Å²) in [5.74, 6) is -1.46. The SMILES string of the molecule is C#CN(C(=O)CNC(=O)OC(C)(C)C)C(C(=O)NC(C)(C)C)c1ccccc1O. The maximum absolute atomic E-state index is 12.9.